The Morgan fingerprint density at radius 3 is 2.60 bits per heavy atom. The minimum absolute atomic E-state index is 0.0406. The third kappa shape index (κ3) is 4.97. The summed E-state index contributed by atoms with van der Waals surface area (Å²) < 4.78 is 5.28. The van der Waals surface area contributed by atoms with Crippen molar-refractivity contribution in [2.75, 3.05) is 19.6 Å². The summed E-state index contributed by atoms with van der Waals surface area (Å²) in [5, 5.41) is 12.6. The van der Waals surface area contributed by atoms with Gasteiger partial charge in [0.05, 0.1) is 6.04 Å². The van der Waals surface area contributed by atoms with Crippen molar-refractivity contribution in [2.24, 2.45) is 0 Å². The smallest absolute Gasteiger partial charge is 0.407 e. The Balaban J connectivity index is 1.57. The number of nitrogens with one attached hydrogen (secondary N) is 1. The van der Waals surface area contributed by atoms with Gasteiger partial charge >= 0.3 is 6.09 Å². The first-order valence-corrected chi connectivity index (χ1v) is 8.70. The van der Waals surface area contributed by atoms with E-state index >= 15 is 0 Å². The molecule has 132 valence electrons. The third-order valence-electron chi connectivity index (χ3n) is 4.49. The van der Waals surface area contributed by atoms with Gasteiger partial charge in [0, 0.05) is 6.54 Å². The molecule has 1 fully saturated rings. The molecular weight excluding hydrogens is 316 g/mol. The molecule has 5 heteroatoms. The van der Waals surface area contributed by atoms with E-state index in [0.717, 1.165) is 37.1 Å². The molecule has 0 saturated carbocycles. The predicted molar refractivity (Wildman–Crippen MR) is 96.3 cm³/mol. The summed E-state index contributed by atoms with van der Waals surface area (Å²) in [4.78, 5) is 14.4. The van der Waals surface area contributed by atoms with Crippen LogP contribution in [0.5, 0.6) is 5.75 Å². The maximum Gasteiger partial charge on any atom is 0.407 e. The summed E-state index contributed by atoms with van der Waals surface area (Å²) >= 11 is 0. The van der Waals surface area contributed by atoms with Gasteiger partial charge in [-0.15, -0.1) is 0 Å². The van der Waals surface area contributed by atoms with Gasteiger partial charge in [0.15, 0.2) is 0 Å². The van der Waals surface area contributed by atoms with Crippen LogP contribution in [0.3, 0.4) is 0 Å². The first kappa shape index (κ1) is 17.3. The van der Waals surface area contributed by atoms with E-state index in [0.29, 0.717) is 6.54 Å². The zero-order valence-corrected chi connectivity index (χ0v) is 14.2. The molecule has 1 unspecified atom stereocenters. The second-order valence-corrected chi connectivity index (χ2v) is 6.30. The number of carbonyl (C=O) groups is 1. The van der Waals surface area contributed by atoms with Gasteiger partial charge in [-0.1, -0.05) is 42.5 Å². The van der Waals surface area contributed by atoms with Crippen molar-refractivity contribution in [3.63, 3.8) is 0 Å². The van der Waals surface area contributed by atoms with Crippen LogP contribution in [0.25, 0.3) is 0 Å². The number of ether oxygens (including phenoxy) is 1. The molecule has 0 aliphatic carbocycles. The molecule has 1 saturated heterocycles. The number of amides is 1. The number of carbonyl (C=O) groups excluding carboxylic acids is 1. The second kappa shape index (κ2) is 8.53. The van der Waals surface area contributed by atoms with Crippen LogP contribution in [0.4, 0.5) is 4.79 Å². The van der Waals surface area contributed by atoms with Crippen LogP contribution < -0.4 is 5.32 Å². The molecule has 1 amide bonds. The molecule has 0 aromatic heterocycles. The fourth-order valence-corrected chi connectivity index (χ4v) is 3.20. The van der Waals surface area contributed by atoms with Crippen molar-refractivity contribution in [1.29, 1.82) is 0 Å². The highest BCUT2D eigenvalue weighted by Crippen LogP contribution is 2.26. The van der Waals surface area contributed by atoms with Crippen LogP contribution >= 0.6 is 0 Å². The highest BCUT2D eigenvalue weighted by atomic mass is 16.5. The summed E-state index contributed by atoms with van der Waals surface area (Å²) in [7, 11) is 0. The Labute approximate surface area is 148 Å². The Morgan fingerprint density at radius 2 is 1.88 bits per heavy atom. The maximum absolute atomic E-state index is 12.0. The zero-order chi connectivity index (χ0) is 17.5. The summed E-state index contributed by atoms with van der Waals surface area (Å²) in [6, 6.07) is 16.9. The van der Waals surface area contributed by atoms with Crippen LogP contribution in [-0.2, 0) is 11.3 Å². The number of hydrogen-bond donors (Lipinski definition) is 2. The lowest BCUT2D eigenvalue weighted by Gasteiger charge is -2.28. The van der Waals surface area contributed by atoms with E-state index in [-0.39, 0.29) is 18.4 Å². The normalized spacial score (nSPS) is 15.7. The molecule has 2 aromatic carbocycles. The van der Waals surface area contributed by atoms with Gasteiger partial charge in [0.1, 0.15) is 12.4 Å². The monoisotopic (exact) mass is 340 g/mol. The number of likely N-dealkylation sites (tertiary alicyclic amines) is 1. The van der Waals surface area contributed by atoms with Gasteiger partial charge in [-0.25, -0.2) is 4.79 Å². The van der Waals surface area contributed by atoms with Gasteiger partial charge in [0.2, 0.25) is 0 Å². The standard InChI is InChI=1S/C20H24N2O3/c23-18-10-6-9-17(13-18)19(22-11-4-5-12-22)14-21-20(24)25-15-16-7-2-1-3-8-16/h1-3,6-10,13,19,23H,4-5,11-12,14-15H2,(H,21,24). The van der Waals surface area contributed by atoms with Crippen molar-refractivity contribution in [3.05, 3.63) is 65.7 Å². The Kier molecular flexibility index (Phi) is 5.90. The Morgan fingerprint density at radius 1 is 1.12 bits per heavy atom. The molecule has 1 aliphatic heterocycles. The molecule has 25 heavy (non-hydrogen) atoms. The summed E-state index contributed by atoms with van der Waals surface area (Å²) in [5.41, 5.74) is 1.96. The molecule has 2 N–H and O–H groups in total. The van der Waals surface area contributed by atoms with Crippen LogP contribution in [0.2, 0.25) is 0 Å². The van der Waals surface area contributed by atoms with Crippen molar-refractivity contribution in [1.82, 2.24) is 10.2 Å². The minimum Gasteiger partial charge on any atom is -0.508 e. The highest BCUT2D eigenvalue weighted by Gasteiger charge is 2.24. The van der Waals surface area contributed by atoms with Gasteiger partial charge in [-0.05, 0) is 49.2 Å². The fourth-order valence-electron chi connectivity index (χ4n) is 3.20. The van der Waals surface area contributed by atoms with Gasteiger partial charge < -0.3 is 15.2 Å². The summed E-state index contributed by atoms with van der Waals surface area (Å²) in [6.07, 6.45) is 1.90. The maximum atomic E-state index is 12.0. The van der Waals surface area contributed by atoms with Gasteiger partial charge in [-0.3, -0.25) is 4.90 Å². The lowest BCUT2D eigenvalue weighted by molar-refractivity contribution is 0.134. The van der Waals surface area contributed by atoms with Crippen LogP contribution in [0.15, 0.2) is 54.6 Å². The highest BCUT2D eigenvalue weighted by molar-refractivity contribution is 5.67. The second-order valence-electron chi connectivity index (χ2n) is 6.30. The molecule has 0 spiro atoms. The van der Waals surface area contributed by atoms with E-state index in [1.54, 1.807) is 12.1 Å². The van der Waals surface area contributed by atoms with E-state index in [2.05, 4.69) is 10.2 Å². The summed E-state index contributed by atoms with van der Waals surface area (Å²) in [6.45, 7) is 2.71. The van der Waals surface area contributed by atoms with Crippen molar-refractivity contribution >= 4 is 6.09 Å². The molecule has 0 radical (unpaired) electrons. The lowest BCUT2D eigenvalue weighted by Crippen LogP contribution is -2.37. The van der Waals surface area contributed by atoms with E-state index < -0.39 is 6.09 Å². The largest absolute Gasteiger partial charge is 0.508 e. The number of hydrogen-bond acceptors (Lipinski definition) is 4. The number of phenolic OH excluding ortho intramolecular Hbond substituents is 1. The molecule has 1 heterocycles. The molecule has 5 nitrogen and oxygen atoms in total. The fraction of sp³-hybridized carbons (Fsp3) is 0.350. The summed E-state index contributed by atoms with van der Waals surface area (Å²) in [5.74, 6) is 0.244. The first-order valence-electron chi connectivity index (χ1n) is 8.70. The average molecular weight is 340 g/mol. The molecular formula is C20H24N2O3. The number of nitrogens with zero attached hydrogens (tertiary/aromatic N) is 1. The molecule has 3 rings (SSSR count). The SMILES string of the molecule is O=C(NCC(c1cccc(O)c1)N1CCCC1)OCc1ccccc1. The number of rotatable bonds is 6. The van der Waals surface area contributed by atoms with E-state index in [1.165, 1.54) is 0 Å². The van der Waals surface area contributed by atoms with Crippen LogP contribution in [-0.4, -0.2) is 35.7 Å². The number of benzene rings is 2. The molecule has 0 bridgehead atoms. The zero-order valence-electron chi connectivity index (χ0n) is 14.2. The lowest BCUT2D eigenvalue weighted by atomic mass is 10.1. The number of aromatic hydroxyl groups is 1. The van der Waals surface area contributed by atoms with Crippen molar-refractivity contribution in [3.8, 4) is 5.75 Å². The predicted octanol–water partition coefficient (Wildman–Crippen LogP) is 3.46. The van der Waals surface area contributed by atoms with E-state index in [1.807, 2.05) is 42.5 Å². The van der Waals surface area contributed by atoms with Crippen LogP contribution in [0, 0.1) is 0 Å². The Hall–Kier alpha value is -2.53. The Bertz CT molecular complexity index is 684. The number of phenols is 1. The molecule has 1 aliphatic rings. The van der Waals surface area contributed by atoms with Crippen LogP contribution in [0.1, 0.15) is 30.0 Å². The van der Waals surface area contributed by atoms with Crippen molar-refractivity contribution in [2.45, 2.75) is 25.5 Å². The van der Waals surface area contributed by atoms with Gasteiger partial charge in [-0.2, -0.15) is 0 Å². The molecule has 1 atom stereocenters. The quantitative estimate of drug-likeness (QED) is 0.845. The van der Waals surface area contributed by atoms with Crippen molar-refractivity contribution < 1.29 is 14.6 Å². The molecule has 2 aromatic rings. The average Bonchev–Trinajstić information content (AvgIpc) is 3.15. The minimum atomic E-state index is -0.423. The first-order chi connectivity index (χ1) is 12.2. The van der Waals surface area contributed by atoms with Gasteiger partial charge in [0.25, 0.3) is 0 Å². The number of alkyl carbamates (subject to hydrolysis) is 1. The van der Waals surface area contributed by atoms with E-state index in [4.69, 9.17) is 4.74 Å². The topological polar surface area (TPSA) is 61.8 Å². The third-order valence-corrected chi connectivity index (χ3v) is 4.49. The van der Waals surface area contributed by atoms with E-state index in [9.17, 15) is 9.90 Å².